The zero-order valence-electron chi connectivity index (χ0n) is 6.87. The molecule has 0 aliphatic rings. The average molecular weight is 162 g/mol. The van der Waals surface area contributed by atoms with Crippen molar-refractivity contribution >= 4 is 11.1 Å². The molecule has 2 aromatic rings. The molecule has 12 heavy (non-hydrogen) atoms. The lowest BCUT2D eigenvalue weighted by molar-refractivity contribution is 0.533. The molecule has 1 heterocycles. The molecule has 1 aromatic heterocycles. The Kier molecular flexibility index (Phi) is 1.59. The van der Waals surface area contributed by atoms with E-state index >= 15 is 0 Å². The van der Waals surface area contributed by atoms with Crippen molar-refractivity contribution in [1.82, 2.24) is 4.98 Å². The predicted molar refractivity (Wildman–Crippen MR) is 46.6 cm³/mol. The summed E-state index contributed by atoms with van der Waals surface area (Å²) in [5.74, 6) is 0.593. The standard InChI is InChI=1S/C9H10N2O/c1-6-2-3-8-7(4-6)11-9(5-10)12-8/h2-4H,5,10H2,1H3. The molecule has 62 valence electrons. The molecule has 2 N–H and O–H groups in total. The lowest BCUT2D eigenvalue weighted by atomic mass is 10.2. The number of oxazole rings is 1. The highest BCUT2D eigenvalue weighted by molar-refractivity contribution is 5.73. The third-order valence-electron chi connectivity index (χ3n) is 1.76. The molecule has 0 saturated carbocycles. The number of fused-ring (bicyclic) bond motifs is 1. The van der Waals surface area contributed by atoms with Crippen LogP contribution in [0.2, 0.25) is 0 Å². The Morgan fingerprint density at radius 2 is 2.33 bits per heavy atom. The molecular weight excluding hydrogens is 152 g/mol. The summed E-state index contributed by atoms with van der Waals surface area (Å²) in [6.07, 6.45) is 0. The smallest absolute Gasteiger partial charge is 0.209 e. The van der Waals surface area contributed by atoms with Crippen LogP contribution in [0, 0.1) is 6.92 Å². The second-order valence-corrected chi connectivity index (χ2v) is 2.78. The highest BCUT2D eigenvalue weighted by Gasteiger charge is 2.02. The van der Waals surface area contributed by atoms with E-state index in [1.54, 1.807) is 0 Å². The predicted octanol–water partition coefficient (Wildman–Crippen LogP) is 1.59. The quantitative estimate of drug-likeness (QED) is 0.692. The molecular formula is C9H10N2O. The molecule has 0 unspecified atom stereocenters. The summed E-state index contributed by atoms with van der Waals surface area (Å²) in [6.45, 7) is 2.38. The summed E-state index contributed by atoms with van der Waals surface area (Å²) < 4.78 is 5.34. The van der Waals surface area contributed by atoms with Crippen molar-refractivity contribution < 1.29 is 4.42 Å². The van der Waals surface area contributed by atoms with E-state index in [0.29, 0.717) is 12.4 Å². The molecule has 0 atom stereocenters. The number of aromatic nitrogens is 1. The van der Waals surface area contributed by atoms with Crippen molar-refractivity contribution in [3.05, 3.63) is 29.7 Å². The van der Waals surface area contributed by atoms with Gasteiger partial charge in [-0.2, -0.15) is 0 Å². The van der Waals surface area contributed by atoms with Gasteiger partial charge in [0.15, 0.2) is 5.58 Å². The Bertz CT molecular complexity index is 406. The minimum absolute atomic E-state index is 0.355. The van der Waals surface area contributed by atoms with E-state index in [9.17, 15) is 0 Å². The first-order valence-electron chi connectivity index (χ1n) is 3.86. The lowest BCUT2D eigenvalue weighted by Crippen LogP contribution is -1.94. The van der Waals surface area contributed by atoms with Crippen molar-refractivity contribution in [3.63, 3.8) is 0 Å². The van der Waals surface area contributed by atoms with Crippen LogP contribution in [0.5, 0.6) is 0 Å². The van der Waals surface area contributed by atoms with E-state index in [-0.39, 0.29) is 0 Å². The molecule has 0 bridgehead atoms. The van der Waals surface area contributed by atoms with Crippen molar-refractivity contribution in [2.24, 2.45) is 5.73 Å². The molecule has 2 rings (SSSR count). The summed E-state index contributed by atoms with van der Waals surface area (Å²) in [6, 6.07) is 5.89. The Morgan fingerprint density at radius 3 is 3.08 bits per heavy atom. The largest absolute Gasteiger partial charge is 0.439 e. The molecule has 1 aromatic carbocycles. The van der Waals surface area contributed by atoms with Gasteiger partial charge in [0.05, 0.1) is 6.54 Å². The van der Waals surface area contributed by atoms with Gasteiger partial charge in [0, 0.05) is 0 Å². The van der Waals surface area contributed by atoms with Crippen LogP contribution in [-0.2, 0) is 6.54 Å². The molecule has 0 radical (unpaired) electrons. The van der Waals surface area contributed by atoms with Crippen molar-refractivity contribution in [2.45, 2.75) is 13.5 Å². The first-order chi connectivity index (χ1) is 5.79. The van der Waals surface area contributed by atoms with E-state index in [4.69, 9.17) is 10.2 Å². The fourth-order valence-electron chi connectivity index (χ4n) is 1.17. The number of aryl methyl sites for hydroxylation is 1. The maximum atomic E-state index is 5.40. The molecule has 3 heteroatoms. The molecule has 0 aliphatic heterocycles. The van der Waals surface area contributed by atoms with Crippen LogP contribution in [0.3, 0.4) is 0 Å². The molecule has 0 amide bonds. The van der Waals surface area contributed by atoms with Crippen molar-refractivity contribution in [2.75, 3.05) is 0 Å². The van der Waals surface area contributed by atoms with Crippen LogP contribution in [0.1, 0.15) is 11.5 Å². The van der Waals surface area contributed by atoms with Crippen LogP contribution in [0.15, 0.2) is 22.6 Å². The average Bonchev–Trinajstić information content (AvgIpc) is 2.46. The second kappa shape index (κ2) is 2.60. The molecule has 0 spiro atoms. The molecule has 0 saturated heterocycles. The van der Waals surface area contributed by atoms with Crippen LogP contribution in [0.25, 0.3) is 11.1 Å². The number of hydrogen-bond donors (Lipinski definition) is 1. The van der Waals surface area contributed by atoms with Gasteiger partial charge in [-0.05, 0) is 24.6 Å². The third kappa shape index (κ3) is 1.08. The fourth-order valence-corrected chi connectivity index (χ4v) is 1.17. The van der Waals surface area contributed by atoms with Crippen molar-refractivity contribution in [1.29, 1.82) is 0 Å². The first-order valence-corrected chi connectivity index (χ1v) is 3.86. The highest BCUT2D eigenvalue weighted by atomic mass is 16.3. The Balaban J connectivity index is 2.67. The first kappa shape index (κ1) is 7.31. The zero-order chi connectivity index (χ0) is 8.55. The Labute approximate surface area is 70.2 Å². The van der Waals surface area contributed by atoms with Crippen LogP contribution in [0.4, 0.5) is 0 Å². The van der Waals surface area contributed by atoms with Gasteiger partial charge in [0.1, 0.15) is 5.52 Å². The topological polar surface area (TPSA) is 52.0 Å². The van der Waals surface area contributed by atoms with Gasteiger partial charge in [-0.15, -0.1) is 0 Å². The van der Waals surface area contributed by atoms with Gasteiger partial charge < -0.3 is 10.2 Å². The summed E-state index contributed by atoms with van der Waals surface area (Å²) in [7, 11) is 0. The molecule has 3 nitrogen and oxygen atoms in total. The molecule has 0 fully saturated rings. The normalized spacial score (nSPS) is 10.8. The van der Waals surface area contributed by atoms with Gasteiger partial charge in [-0.3, -0.25) is 0 Å². The van der Waals surface area contributed by atoms with Crippen LogP contribution >= 0.6 is 0 Å². The van der Waals surface area contributed by atoms with Gasteiger partial charge >= 0.3 is 0 Å². The highest BCUT2D eigenvalue weighted by Crippen LogP contribution is 2.16. The van der Waals surface area contributed by atoms with Gasteiger partial charge in [0.25, 0.3) is 0 Å². The minimum Gasteiger partial charge on any atom is -0.439 e. The van der Waals surface area contributed by atoms with Gasteiger partial charge in [0.2, 0.25) is 5.89 Å². The minimum atomic E-state index is 0.355. The maximum absolute atomic E-state index is 5.40. The van der Waals surface area contributed by atoms with Crippen LogP contribution < -0.4 is 5.73 Å². The maximum Gasteiger partial charge on any atom is 0.209 e. The molecule has 0 aliphatic carbocycles. The third-order valence-corrected chi connectivity index (χ3v) is 1.76. The second-order valence-electron chi connectivity index (χ2n) is 2.78. The van der Waals surface area contributed by atoms with Crippen LogP contribution in [-0.4, -0.2) is 4.98 Å². The summed E-state index contributed by atoms with van der Waals surface area (Å²) in [5, 5.41) is 0. The summed E-state index contributed by atoms with van der Waals surface area (Å²) >= 11 is 0. The fraction of sp³-hybridized carbons (Fsp3) is 0.222. The zero-order valence-corrected chi connectivity index (χ0v) is 6.87. The number of nitrogens with two attached hydrogens (primary N) is 1. The van der Waals surface area contributed by atoms with E-state index in [0.717, 1.165) is 11.1 Å². The van der Waals surface area contributed by atoms with Gasteiger partial charge in [-0.25, -0.2) is 4.98 Å². The number of benzene rings is 1. The van der Waals surface area contributed by atoms with E-state index in [1.807, 2.05) is 25.1 Å². The Hall–Kier alpha value is -1.35. The SMILES string of the molecule is Cc1ccc2oc(CN)nc2c1. The van der Waals surface area contributed by atoms with Crippen molar-refractivity contribution in [3.8, 4) is 0 Å². The van der Waals surface area contributed by atoms with E-state index in [1.165, 1.54) is 5.56 Å². The number of rotatable bonds is 1. The Morgan fingerprint density at radius 1 is 1.50 bits per heavy atom. The lowest BCUT2D eigenvalue weighted by Gasteiger charge is -1.87. The summed E-state index contributed by atoms with van der Waals surface area (Å²) in [5.41, 5.74) is 8.27. The van der Waals surface area contributed by atoms with E-state index < -0.39 is 0 Å². The number of nitrogens with zero attached hydrogens (tertiary/aromatic N) is 1. The monoisotopic (exact) mass is 162 g/mol. The van der Waals surface area contributed by atoms with E-state index in [2.05, 4.69) is 4.98 Å². The summed E-state index contributed by atoms with van der Waals surface area (Å²) in [4.78, 5) is 4.20. The van der Waals surface area contributed by atoms with Gasteiger partial charge in [-0.1, -0.05) is 6.07 Å². The number of hydrogen-bond acceptors (Lipinski definition) is 3.